The van der Waals surface area contributed by atoms with Gasteiger partial charge >= 0.3 is 0 Å². The van der Waals surface area contributed by atoms with Crippen molar-refractivity contribution in [2.75, 3.05) is 13.2 Å². The Bertz CT molecular complexity index is 372. The Kier molecular flexibility index (Phi) is 7.01. The number of nitrogens with one attached hydrogen (secondary N) is 1. The third kappa shape index (κ3) is 5.54. The molecular weight excluding hydrogens is 322 g/mol. The lowest BCUT2D eigenvalue weighted by Crippen LogP contribution is -2.49. The molecule has 1 aromatic rings. The summed E-state index contributed by atoms with van der Waals surface area (Å²) in [5, 5.41) is 5.74. The Hall–Kier alpha value is 0.1000. The summed E-state index contributed by atoms with van der Waals surface area (Å²) in [7, 11) is 0. The standard InChI is InChI=1S/C15H26BrNOS/c1-6-17-13(9-12-8-11(16)10-19-12)14(18-7-2)15(3,4)5/h8,10,13-14,17H,6-7,9H2,1-5H3. The average molecular weight is 348 g/mol. The van der Waals surface area contributed by atoms with Crippen LogP contribution in [0.15, 0.2) is 15.9 Å². The lowest BCUT2D eigenvalue weighted by Gasteiger charge is -2.37. The number of rotatable bonds is 7. The van der Waals surface area contributed by atoms with Crippen molar-refractivity contribution in [2.24, 2.45) is 5.41 Å². The molecule has 2 unspecified atom stereocenters. The summed E-state index contributed by atoms with van der Waals surface area (Å²) in [4.78, 5) is 1.40. The first-order valence-electron chi connectivity index (χ1n) is 6.96. The summed E-state index contributed by atoms with van der Waals surface area (Å²) in [6.45, 7) is 12.7. The summed E-state index contributed by atoms with van der Waals surface area (Å²) in [5.74, 6) is 0. The molecule has 0 aromatic carbocycles. The van der Waals surface area contributed by atoms with E-state index in [1.54, 1.807) is 0 Å². The van der Waals surface area contributed by atoms with E-state index in [0.29, 0.717) is 6.04 Å². The molecule has 0 fully saturated rings. The monoisotopic (exact) mass is 347 g/mol. The van der Waals surface area contributed by atoms with Gasteiger partial charge in [0.1, 0.15) is 0 Å². The number of halogens is 1. The first-order valence-corrected chi connectivity index (χ1v) is 8.63. The third-order valence-electron chi connectivity index (χ3n) is 3.07. The fourth-order valence-electron chi connectivity index (χ4n) is 2.38. The highest BCUT2D eigenvalue weighted by atomic mass is 79.9. The van der Waals surface area contributed by atoms with Crippen LogP contribution < -0.4 is 5.32 Å². The van der Waals surface area contributed by atoms with Gasteiger partial charge in [-0.25, -0.2) is 0 Å². The van der Waals surface area contributed by atoms with Gasteiger partial charge in [-0.2, -0.15) is 0 Å². The molecule has 19 heavy (non-hydrogen) atoms. The van der Waals surface area contributed by atoms with Crippen LogP contribution in [-0.2, 0) is 11.2 Å². The summed E-state index contributed by atoms with van der Waals surface area (Å²) in [6, 6.07) is 2.57. The molecule has 0 bridgehead atoms. The van der Waals surface area contributed by atoms with Gasteiger partial charge in [0.2, 0.25) is 0 Å². The van der Waals surface area contributed by atoms with Gasteiger partial charge in [-0.05, 0) is 47.3 Å². The summed E-state index contributed by atoms with van der Waals surface area (Å²) < 4.78 is 7.20. The zero-order valence-electron chi connectivity index (χ0n) is 12.6. The number of hydrogen-bond donors (Lipinski definition) is 1. The smallest absolute Gasteiger partial charge is 0.0779 e. The molecule has 0 aliphatic heterocycles. The van der Waals surface area contributed by atoms with E-state index in [4.69, 9.17) is 4.74 Å². The zero-order valence-corrected chi connectivity index (χ0v) is 15.0. The molecule has 0 radical (unpaired) electrons. The van der Waals surface area contributed by atoms with Crippen LogP contribution in [0.2, 0.25) is 0 Å². The van der Waals surface area contributed by atoms with E-state index in [0.717, 1.165) is 19.6 Å². The number of ether oxygens (including phenoxy) is 1. The predicted molar refractivity (Wildman–Crippen MR) is 88.1 cm³/mol. The van der Waals surface area contributed by atoms with E-state index < -0.39 is 0 Å². The van der Waals surface area contributed by atoms with Gasteiger partial charge in [0, 0.05) is 27.4 Å². The molecule has 1 rings (SSSR count). The average Bonchev–Trinajstić information content (AvgIpc) is 2.70. The number of hydrogen-bond acceptors (Lipinski definition) is 3. The minimum absolute atomic E-state index is 0.136. The molecule has 2 nitrogen and oxygen atoms in total. The highest BCUT2D eigenvalue weighted by Gasteiger charge is 2.32. The molecule has 2 atom stereocenters. The third-order valence-corrected chi connectivity index (χ3v) is 4.79. The molecule has 1 N–H and O–H groups in total. The molecule has 110 valence electrons. The normalized spacial score (nSPS) is 15.5. The van der Waals surface area contributed by atoms with Crippen molar-refractivity contribution in [2.45, 2.75) is 53.2 Å². The second kappa shape index (κ2) is 7.77. The predicted octanol–water partition coefficient (Wildman–Crippen LogP) is 4.48. The summed E-state index contributed by atoms with van der Waals surface area (Å²) in [5.41, 5.74) is 0.136. The number of thiophene rings is 1. The molecule has 1 aromatic heterocycles. The summed E-state index contributed by atoms with van der Waals surface area (Å²) >= 11 is 5.33. The first kappa shape index (κ1) is 17.2. The van der Waals surface area contributed by atoms with Crippen LogP contribution in [0.1, 0.15) is 39.5 Å². The van der Waals surface area contributed by atoms with Crippen molar-refractivity contribution in [1.82, 2.24) is 5.32 Å². The Morgan fingerprint density at radius 2 is 2.05 bits per heavy atom. The minimum Gasteiger partial charge on any atom is -0.376 e. The Balaban J connectivity index is 2.83. The lowest BCUT2D eigenvalue weighted by molar-refractivity contribution is -0.0350. The molecular formula is C15H26BrNOS. The van der Waals surface area contributed by atoms with Crippen LogP contribution in [0, 0.1) is 5.41 Å². The molecule has 0 spiro atoms. The van der Waals surface area contributed by atoms with Crippen molar-refractivity contribution in [3.8, 4) is 0 Å². The molecule has 0 aliphatic carbocycles. The Labute approximate surface area is 130 Å². The van der Waals surface area contributed by atoms with Crippen molar-refractivity contribution in [3.05, 3.63) is 20.8 Å². The second-order valence-electron chi connectivity index (χ2n) is 5.84. The van der Waals surface area contributed by atoms with E-state index in [1.807, 2.05) is 11.3 Å². The van der Waals surface area contributed by atoms with Crippen molar-refractivity contribution >= 4 is 27.3 Å². The largest absolute Gasteiger partial charge is 0.376 e. The van der Waals surface area contributed by atoms with Crippen LogP contribution in [0.4, 0.5) is 0 Å². The van der Waals surface area contributed by atoms with Crippen molar-refractivity contribution in [1.29, 1.82) is 0 Å². The molecule has 0 saturated heterocycles. The number of likely N-dealkylation sites (N-methyl/N-ethyl adjacent to an activating group) is 1. The van der Waals surface area contributed by atoms with E-state index in [9.17, 15) is 0 Å². The minimum atomic E-state index is 0.136. The Morgan fingerprint density at radius 3 is 2.47 bits per heavy atom. The molecule has 0 saturated carbocycles. The fourth-order valence-corrected chi connectivity index (χ4v) is 3.89. The van der Waals surface area contributed by atoms with Crippen LogP contribution >= 0.6 is 27.3 Å². The molecule has 4 heteroatoms. The lowest BCUT2D eigenvalue weighted by atomic mass is 9.83. The maximum atomic E-state index is 6.03. The van der Waals surface area contributed by atoms with Crippen LogP contribution in [0.5, 0.6) is 0 Å². The van der Waals surface area contributed by atoms with E-state index in [2.05, 4.69) is 67.3 Å². The highest BCUT2D eigenvalue weighted by molar-refractivity contribution is 9.10. The van der Waals surface area contributed by atoms with E-state index >= 15 is 0 Å². The van der Waals surface area contributed by atoms with Gasteiger partial charge in [0.25, 0.3) is 0 Å². The maximum Gasteiger partial charge on any atom is 0.0779 e. The van der Waals surface area contributed by atoms with Crippen LogP contribution in [0.25, 0.3) is 0 Å². The quantitative estimate of drug-likeness (QED) is 0.784. The van der Waals surface area contributed by atoms with Crippen LogP contribution in [-0.4, -0.2) is 25.3 Å². The maximum absolute atomic E-state index is 6.03. The van der Waals surface area contributed by atoms with Crippen LogP contribution in [0.3, 0.4) is 0 Å². The topological polar surface area (TPSA) is 21.3 Å². The van der Waals surface area contributed by atoms with Crippen molar-refractivity contribution < 1.29 is 4.74 Å². The van der Waals surface area contributed by atoms with E-state index in [1.165, 1.54) is 9.35 Å². The van der Waals surface area contributed by atoms with Gasteiger partial charge in [-0.1, -0.05) is 27.7 Å². The van der Waals surface area contributed by atoms with Crippen molar-refractivity contribution in [3.63, 3.8) is 0 Å². The molecule has 0 amide bonds. The molecule has 1 heterocycles. The van der Waals surface area contributed by atoms with Gasteiger partial charge in [-0.3, -0.25) is 0 Å². The zero-order chi connectivity index (χ0) is 14.5. The van der Waals surface area contributed by atoms with Gasteiger partial charge in [-0.15, -0.1) is 11.3 Å². The summed E-state index contributed by atoms with van der Waals surface area (Å²) in [6.07, 6.45) is 1.24. The first-order chi connectivity index (χ1) is 8.88. The van der Waals surface area contributed by atoms with Gasteiger partial charge in [0.05, 0.1) is 6.10 Å². The SMILES string of the molecule is CCNC(Cc1cc(Br)cs1)C(OCC)C(C)(C)C. The Morgan fingerprint density at radius 1 is 1.37 bits per heavy atom. The highest BCUT2D eigenvalue weighted by Crippen LogP contribution is 2.29. The molecule has 0 aliphatic rings. The van der Waals surface area contributed by atoms with E-state index in [-0.39, 0.29) is 11.5 Å². The van der Waals surface area contributed by atoms with Gasteiger partial charge in [0.15, 0.2) is 0 Å². The second-order valence-corrected chi connectivity index (χ2v) is 7.75. The van der Waals surface area contributed by atoms with Gasteiger partial charge < -0.3 is 10.1 Å². The fraction of sp³-hybridized carbons (Fsp3) is 0.733.